The lowest BCUT2D eigenvalue weighted by atomic mass is 10.0. The predicted molar refractivity (Wildman–Crippen MR) is 61.2 cm³/mol. The molecule has 0 aliphatic heterocycles. The van der Waals surface area contributed by atoms with Crippen molar-refractivity contribution in [2.75, 3.05) is 0 Å². The summed E-state index contributed by atoms with van der Waals surface area (Å²) in [5, 5.41) is 2.95. The SMILES string of the molecule is Cc1ccc2c(Cl)nc(Cl)cc2c1C. The number of rotatable bonds is 0. The molecule has 1 nitrogen and oxygen atoms in total. The highest BCUT2D eigenvalue weighted by atomic mass is 35.5. The Morgan fingerprint density at radius 1 is 1.07 bits per heavy atom. The van der Waals surface area contributed by atoms with E-state index in [1.807, 2.05) is 18.2 Å². The summed E-state index contributed by atoms with van der Waals surface area (Å²) in [5.74, 6) is 0. The van der Waals surface area contributed by atoms with Gasteiger partial charge in [-0.25, -0.2) is 4.98 Å². The molecule has 0 saturated heterocycles. The largest absolute Gasteiger partial charge is 0.224 e. The van der Waals surface area contributed by atoms with Gasteiger partial charge in [-0.05, 0) is 36.4 Å². The van der Waals surface area contributed by atoms with Crippen molar-refractivity contribution in [3.8, 4) is 0 Å². The van der Waals surface area contributed by atoms with Crippen LogP contribution >= 0.6 is 23.2 Å². The monoisotopic (exact) mass is 225 g/mol. The molecule has 0 fully saturated rings. The van der Waals surface area contributed by atoms with Gasteiger partial charge in [0.05, 0.1) is 0 Å². The lowest BCUT2D eigenvalue weighted by molar-refractivity contribution is 1.33. The van der Waals surface area contributed by atoms with E-state index < -0.39 is 0 Å². The van der Waals surface area contributed by atoms with Gasteiger partial charge in [0, 0.05) is 5.39 Å². The first-order valence-electron chi connectivity index (χ1n) is 4.31. The topological polar surface area (TPSA) is 12.9 Å². The Kier molecular flexibility index (Phi) is 2.38. The fourth-order valence-corrected chi connectivity index (χ4v) is 2.00. The second kappa shape index (κ2) is 3.41. The van der Waals surface area contributed by atoms with Gasteiger partial charge in [-0.3, -0.25) is 0 Å². The highest BCUT2D eigenvalue weighted by molar-refractivity contribution is 6.36. The molecule has 0 radical (unpaired) electrons. The van der Waals surface area contributed by atoms with Crippen LogP contribution in [-0.2, 0) is 0 Å². The molecule has 0 saturated carbocycles. The van der Waals surface area contributed by atoms with Crippen LogP contribution in [0.5, 0.6) is 0 Å². The van der Waals surface area contributed by atoms with Crippen LogP contribution in [0.15, 0.2) is 18.2 Å². The van der Waals surface area contributed by atoms with Crippen LogP contribution in [0.1, 0.15) is 11.1 Å². The molecule has 0 amide bonds. The van der Waals surface area contributed by atoms with Crippen molar-refractivity contribution in [1.29, 1.82) is 0 Å². The Bertz CT molecular complexity index is 506. The average molecular weight is 226 g/mol. The van der Waals surface area contributed by atoms with E-state index >= 15 is 0 Å². The fourth-order valence-electron chi connectivity index (χ4n) is 1.51. The molecule has 2 rings (SSSR count). The summed E-state index contributed by atoms with van der Waals surface area (Å²) in [6, 6.07) is 5.87. The minimum atomic E-state index is 0.441. The van der Waals surface area contributed by atoms with Crippen molar-refractivity contribution in [2.45, 2.75) is 13.8 Å². The van der Waals surface area contributed by atoms with Gasteiger partial charge < -0.3 is 0 Å². The van der Waals surface area contributed by atoms with E-state index in [0.717, 1.165) is 10.8 Å². The van der Waals surface area contributed by atoms with Gasteiger partial charge in [-0.1, -0.05) is 35.3 Å². The van der Waals surface area contributed by atoms with Crippen molar-refractivity contribution in [3.63, 3.8) is 0 Å². The molecular formula is C11H9Cl2N. The van der Waals surface area contributed by atoms with Crippen LogP contribution in [0.2, 0.25) is 10.3 Å². The lowest BCUT2D eigenvalue weighted by Gasteiger charge is -2.06. The minimum absolute atomic E-state index is 0.441. The van der Waals surface area contributed by atoms with Crippen molar-refractivity contribution in [1.82, 2.24) is 4.98 Å². The van der Waals surface area contributed by atoms with Crippen molar-refractivity contribution < 1.29 is 0 Å². The number of nitrogens with zero attached hydrogens (tertiary/aromatic N) is 1. The maximum atomic E-state index is 5.99. The van der Waals surface area contributed by atoms with Crippen LogP contribution in [0.4, 0.5) is 0 Å². The zero-order valence-electron chi connectivity index (χ0n) is 7.94. The zero-order valence-corrected chi connectivity index (χ0v) is 9.45. The number of aryl methyl sites for hydroxylation is 2. The average Bonchev–Trinajstić information content (AvgIpc) is 2.12. The molecule has 0 aliphatic rings. The van der Waals surface area contributed by atoms with Crippen LogP contribution in [0.25, 0.3) is 10.8 Å². The van der Waals surface area contributed by atoms with Crippen LogP contribution in [0.3, 0.4) is 0 Å². The first-order valence-corrected chi connectivity index (χ1v) is 5.07. The number of hydrogen-bond acceptors (Lipinski definition) is 1. The minimum Gasteiger partial charge on any atom is -0.224 e. The third-order valence-corrected chi connectivity index (χ3v) is 2.96. The number of benzene rings is 1. The number of fused-ring (bicyclic) bond motifs is 1. The number of hydrogen-bond donors (Lipinski definition) is 0. The molecule has 72 valence electrons. The third kappa shape index (κ3) is 1.47. The first kappa shape index (κ1) is 9.75. The maximum Gasteiger partial charge on any atom is 0.138 e. The number of halogens is 2. The summed E-state index contributed by atoms with van der Waals surface area (Å²) in [7, 11) is 0. The normalized spacial score (nSPS) is 10.9. The van der Waals surface area contributed by atoms with E-state index in [1.54, 1.807) is 0 Å². The molecule has 0 bridgehead atoms. The molecule has 1 aromatic heterocycles. The number of pyridine rings is 1. The molecule has 14 heavy (non-hydrogen) atoms. The molecule has 2 aromatic rings. The molecule has 0 aliphatic carbocycles. The highest BCUT2D eigenvalue weighted by Gasteiger charge is 2.06. The summed E-state index contributed by atoms with van der Waals surface area (Å²) in [4.78, 5) is 4.00. The van der Waals surface area contributed by atoms with E-state index in [0.29, 0.717) is 10.3 Å². The van der Waals surface area contributed by atoms with Gasteiger partial charge in [0.2, 0.25) is 0 Å². The van der Waals surface area contributed by atoms with Crippen LogP contribution < -0.4 is 0 Å². The van der Waals surface area contributed by atoms with Gasteiger partial charge in [-0.15, -0.1) is 0 Å². The molecule has 0 unspecified atom stereocenters. The quantitative estimate of drug-likeness (QED) is 0.614. The van der Waals surface area contributed by atoms with Gasteiger partial charge in [0.25, 0.3) is 0 Å². The molecular weight excluding hydrogens is 217 g/mol. The van der Waals surface area contributed by atoms with Crippen molar-refractivity contribution in [3.05, 3.63) is 39.6 Å². The Balaban J connectivity index is 2.95. The maximum absolute atomic E-state index is 5.99. The van der Waals surface area contributed by atoms with E-state index in [2.05, 4.69) is 18.8 Å². The molecule has 3 heteroatoms. The van der Waals surface area contributed by atoms with Gasteiger partial charge in [0.15, 0.2) is 0 Å². The lowest BCUT2D eigenvalue weighted by Crippen LogP contribution is -1.87. The van der Waals surface area contributed by atoms with E-state index in [-0.39, 0.29) is 0 Å². The first-order chi connectivity index (χ1) is 6.59. The molecule has 0 N–H and O–H groups in total. The van der Waals surface area contributed by atoms with Crippen LogP contribution in [-0.4, -0.2) is 4.98 Å². The van der Waals surface area contributed by atoms with Crippen molar-refractivity contribution in [2.24, 2.45) is 0 Å². The smallest absolute Gasteiger partial charge is 0.138 e. The summed E-state index contributed by atoms with van der Waals surface area (Å²) in [6.07, 6.45) is 0. The summed E-state index contributed by atoms with van der Waals surface area (Å²) >= 11 is 11.8. The fraction of sp³-hybridized carbons (Fsp3) is 0.182. The van der Waals surface area contributed by atoms with Crippen LogP contribution in [0, 0.1) is 13.8 Å². The molecule has 0 spiro atoms. The molecule has 1 aromatic carbocycles. The van der Waals surface area contributed by atoms with Crippen molar-refractivity contribution >= 4 is 34.0 Å². The summed E-state index contributed by atoms with van der Waals surface area (Å²) in [6.45, 7) is 4.13. The second-order valence-corrected chi connectivity index (χ2v) is 4.08. The van der Waals surface area contributed by atoms with E-state index in [9.17, 15) is 0 Å². The van der Waals surface area contributed by atoms with E-state index in [1.165, 1.54) is 11.1 Å². The highest BCUT2D eigenvalue weighted by Crippen LogP contribution is 2.28. The Hall–Kier alpha value is -0.790. The Morgan fingerprint density at radius 2 is 1.79 bits per heavy atom. The van der Waals surface area contributed by atoms with E-state index in [4.69, 9.17) is 23.2 Å². The molecule has 0 atom stereocenters. The number of aromatic nitrogens is 1. The third-order valence-electron chi connectivity index (χ3n) is 2.48. The Morgan fingerprint density at radius 3 is 2.50 bits per heavy atom. The molecule has 1 heterocycles. The van der Waals surface area contributed by atoms with Gasteiger partial charge >= 0.3 is 0 Å². The second-order valence-electron chi connectivity index (χ2n) is 3.34. The standard InChI is InChI=1S/C11H9Cl2N/c1-6-3-4-8-9(7(6)2)5-10(12)14-11(8)13/h3-5H,1-2H3. The summed E-state index contributed by atoms with van der Waals surface area (Å²) in [5.41, 5.74) is 2.43. The Labute approximate surface area is 92.7 Å². The predicted octanol–water partition coefficient (Wildman–Crippen LogP) is 4.16. The summed E-state index contributed by atoms with van der Waals surface area (Å²) < 4.78 is 0. The zero-order chi connectivity index (χ0) is 10.3. The van der Waals surface area contributed by atoms with Gasteiger partial charge in [0.1, 0.15) is 10.3 Å². The van der Waals surface area contributed by atoms with Gasteiger partial charge in [-0.2, -0.15) is 0 Å².